The monoisotopic (exact) mass is 1070 g/mol. The number of fused-ring (bicyclic) bond motifs is 2. The third-order valence-corrected chi connectivity index (χ3v) is 12.5. The number of aryl methyl sites for hydroxylation is 2. The first-order valence-corrected chi connectivity index (χ1v) is 24.4. The van der Waals surface area contributed by atoms with Gasteiger partial charge in [0.15, 0.2) is 0 Å². The number of benzene rings is 4. The molecule has 0 saturated heterocycles. The molecule has 2 aromatic heterocycles. The highest BCUT2D eigenvalue weighted by Gasteiger charge is 2.34. The van der Waals surface area contributed by atoms with E-state index in [0.717, 1.165) is 56.9 Å². The van der Waals surface area contributed by atoms with E-state index in [2.05, 4.69) is 25.9 Å². The lowest BCUT2D eigenvalue weighted by Gasteiger charge is -2.29. The minimum atomic E-state index is -4.51. The van der Waals surface area contributed by atoms with Gasteiger partial charge in [-0.25, -0.2) is 14.8 Å². The second-order valence-electron chi connectivity index (χ2n) is 19.5. The second kappa shape index (κ2) is 25.7. The van der Waals surface area contributed by atoms with Gasteiger partial charge in [0.05, 0.1) is 17.2 Å². The number of anilines is 2. The average Bonchev–Trinajstić information content (AvgIpc) is 3.38. The van der Waals surface area contributed by atoms with E-state index in [1.807, 2.05) is 48.5 Å². The van der Waals surface area contributed by atoms with E-state index in [1.54, 1.807) is 46.2 Å². The number of halogens is 6. The van der Waals surface area contributed by atoms with Gasteiger partial charge in [-0.15, -0.1) is 0 Å². The molecular formula is C55H64F6N10O6. The Balaban J connectivity index is 0.000000289. The van der Waals surface area contributed by atoms with E-state index < -0.39 is 77.1 Å². The molecule has 0 fully saturated rings. The number of pyridine rings is 2. The fraction of sp³-hybridized carbons (Fsp3) is 0.364. The van der Waals surface area contributed by atoms with Gasteiger partial charge in [0, 0.05) is 50.4 Å². The van der Waals surface area contributed by atoms with Crippen LogP contribution in [0.2, 0.25) is 0 Å². The van der Waals surface area contributed by atoms with Crippen LogP contribution in [-0.4, -0.2) is 93.4 Å². The number of hydrogen-bond acceptors (Lipinski definition) is 11. The molecule has 2 heterocycles. The zero-order valence-corrected chi connectivity index (χ0v) is 43.7. The van der Waals surface area contributed by atoms with Crippen molar-refractivity contribution >= 4 is 62.9 Å². The Morgan fingerprint density at radius 1 is 0.597 bits per heavy atom. The highest BCUT2D eigenvalue weighted by molar-refractivity contribution is 5.93. The van der Waals surface area contributed by atoms with Gasteiger partial charge in [-0.1, -0.05) is 60.7 Å². The smallest absolute Gasteiger partial charge is 0.416 e. The summed E-state index contributed by atoms with van der Waals surface area (Å²) in [5, 5.41) is 11.5. The van der Waals surface area contributed by atoms with Crippen molar-refractivity contribution in [3.05, 3.63) is 143 Å². The van der Waals surface area contributed by atoms with E-state index in [9.17, 15) is 50.3 Å². The molecule has 6 rings (SSSR count). The van der Waals surface area contributed by atoms with Crippen LogP contribution in [0.1, 0.15) is 80.8 Å². The van der Waals surface area contributed by atoms with Gasteiger partial charge in [-0.2, -0.15) is 26.3 Å². The number of amides is 5. The molecule has 0 aliphatic carbocycles. The third kappa shape index (κ3) is 17.3. The van der Waals surface area contributed by atoms with Crippen molar-refractivity contribution in [3.63, 3.8) is 0 Å². The number of aromatic nitrogens is 2. The molecule has 22 heteroatoms. The van der Waals surface area contributed by atoms with Crippen molar-refractivity contribution in [2.45, 2.75) is 116 Å². The van der Waals surface area contributed by atoms with Crippen LogP contribution in [0.25, 0.3) is 21.5 Å². The molecule has 16 nitrogen and oxygen atoms in total. The second-order valence-corrected chi connectivity index (χ2v) is 19.5. The minimum absolute atomic E-state index is 0.0207. The predicted molar refractivity (Wildman–Crippen MR) is 281 cm³/mol. The maximum absolute atomic E-state index is 13.5. The van der Waals surface area contributed by atoms with Crippen molar-refractivity contribution in [2.75, 3.05) is 25.6 Å². The molecule has 4 aromatic carbocycles. The number of carbonyl (C=O) groups excluding carboxylic acids is 5. The lowest BCUT2D eigenvalue weighted by molar-refractivity contribution is -0.140. The van der Waals surface area contributed by atoms with Crippen LogP contribution in [0, 0.1) is 0 Å². The third-order valence-electron chi connectivity index (χ3n) is 12.5. The van der Waals surface area contributed by atoms with Gasteiger partial charge in [0.1, 0.15) is 35.4 Å². The highest BCUT2D eigenvalue weighted by atomic mass is 19.4. The quantitative estimate of drug-likeness (QED) is 0.0477. The van der Waals surface area contributed by atoms with Crippen LogP contribution in [0.5, 0.6) is 0 Å². The topological polar surface area (TPSA) is 241 Å². The number of carbonyl (C=O) groups is 5. The lowest BCUT2D eigenvalue weighted by Crippen LogP contribution is -2.54. The Morgan fingerprint density at radius 3 is 1.45 bits per heavy atom. The maximum atomic E-state index is 13.5. The van der Waals surface area contributed by atoms with Gasteiger partial charge in [0.25, 0.3) is 0 Å². The summed E-state index contributed by atoms with van der Waals surface area (Å²) < 4.78 is 83.5. The summed E-state index contributed by atoms with van der Waals surface area (Å²) in [6, 6.07) is 20.6. The van der Waals surface area contributed by atoms with Crippen molar-refractivity contribution < 1.29 is 55.1 Å². The van der Waals surface area contributed by atoms with Crippen LogP contribution in [0.4, 0.5) is 42.8 Å². The number of ether oxygens (including phenoxy) is 1. The summed E-state index contributed by atoms with van der Waals surface area (Å²) in [5.74, 6) is -1.03. The number of alkyl carbamates (subject to hydrolysis) is 1. The summed E-state index contributed by atoms with van der Waals surface area (Å²) in [4.78, 5) is 74.8. The van der Waals surface area contributed by atoms with Gasteiger partial charge in [0.2, 0.25) is 23.6 Å². The van der Waals surface area contributed by atoms with Crippen molar-refractivity contribution in [3.8, 4) is 0 Å². The normalized spacial score (nSPS) is 13.3. The van der Waals surface area contributed by atoms with Crippen LogP contribution in [-0.2, 0) is 62.2 Å². The summed E-state index contributed by atoms with van der Waals surface area (Å²) in [6.45, 7) is 8.55. The molecule has 0 unspecified atom stereocenters. The summed E-state index contributed by atoms with van der Waals surface area (Å²) in [6.07, 6.45) is -6.21. The summed E-state index contributed by atoms with van der Waals surface area (Å²) >= 11 is 0. The molecule has 0 spiro atoms. The molecule has 0 aliphatic heterocycles. The van der Waals surface area contributed by atoms with Gasteiger partial charge in [-0.3, -0.25) is 19.2 Å². The molecule has 77 heavy (non-hydrogen) atoms. The maximum Gasteiger partial charge on any atom is 0.416 e. The minimum Gasteiger partial charge on any atom is -0.444 e. The van der Waals surface area contributed by atoms with Crippen LogP contribution >= 0.6 is 0 Å². The number of likely N-dealkylation sites (N-methyl/N-ethyl adjacent to an activating group) is 2. The van der Waals surface area contributed by atoms with Crippen molar-refractivity contribution in [1.29, 1.82) is 0 Å². The molecule has 0 radical (unpaired) electrons. The largest absolute Gasteiger partial charge is 0.444 e. The average molecular weight is 1080 g/mol. The molecular weight excluding hydrogens is 1010 g/mol. The fourth-order valence-corrected chi connectivity index (χ4v) is 7.91. The zero-order chi connectivity index (χ0) is 57.0. The van der Waals surface area contributed by atoms with E-state index in [1.165, 1.54) is 49.0 Å². The summed E-state index contributed by atoms with van der Waals surface area (Å²) in [7, 11) is 2.90. The fourth-order valence-electron chi connectivity index (χ4n) is 7.91. The lowest BCUT2D eigenvalue weighted by atomic mass is 10.0. The highest BCUT2D eigenvalue weighted by Crippen LogP contribution is 2.31. The number of nitrogen functional groups attached to an aromatic ring is 2. The van der Waals surface area contributed by atoms with Crippen LogP contribution in [0.3, 0.4) is 0 Å². The van der Waals surface area contributed by atoms with E-state index >= 15 is 0 Å². The van der Waals surface area contributed by atoms with Crippen molar-refractivity contribution in [1.82, 2.24) is 35.7 Å². The number of nitrogens with two attached hydrogens (primary N) is 3. The first kappa shape index (κ1) is 59.9. The van der Waals surface area contributed by atoms with Gasteiger partial charge in [-0.05, 0) is 130 Å². The molecule has 4 atom stereocenters. The number of alkyl halides is 6. The SMILES string of the molecule is C[C@@H](C(=O)NCc1ccc2c(N)nccc2c1)N(C)C(=O)[C@@H](CCc1cccc(C(F)(F)F)c1)NC(=O)OC(C)(C)C.C[C@@H](C(=O)NCc1ccc2c(N)nccc2c1)N(C)C(=O)[C@H](N)CCc1cccc(C(F)(F)F)c1. The standard InChI is InChI=1S/C30H36F3N5O4.C25H28F3N5O2/c1-18(26(39)36-17-20-9-11-23-21(15-20)13-14-35-25(23)34)38(5)27(40)24(37-28(41)42-29(2,3)4)12-10-19-7-6-8-22(16-19)30(31,32)33;1-15(23(34)32-14-17-6-8-20-18(12-17)10-11-31-22(20)30)33(2)24(35)21(29)9-7-16-4-3-5-19(13-16)25(26,27)28/h6-9,11,13-16,18,24H,10,12,17H2,1-5H3,(H2,34,35)(H,36,39)(H,37,41);3-6,8,10-13,15,21H,7,9,14,29H2,1-2H3,(H2,30,31)(H,32,34)/t18-,24+;15-,21+/m00/s1. The number of nitrogens with one attached hydrogen (secondary N) is 3. The Bertz CT molecular complexity index is 3060. The van der Waals surface area contributed by atoms with E-state index in [0.29, 0.717) is 22.8 Å². The van der Waals surface area contributed by atoms with Crippen LogP contribution in [0.15, 0.2) is 109 Å². The number of hydrogen-bond donors (Lipinski definition) is 6. The zero-order valence-electron chi connectivity index (χ0n) is 43.7. The molecule has 412 valence electrons. The Kier molecular flexibility index (Phi) is 20.0. The first-order chi connectivity index (χ1) is 36.0. The Hall–Kier alpha value is -8.01. The molecule has 0 aliphatic rings. The molecule has 9 N–H and O–H groups in total. The first-order valence-electron chi connectivity index (χ1n) is 24.4. The van der Waals surface area contributed by atoms with Gasteiger partial charge >= 0.3 is 18.4 Å². The Morgan fingerprint density at radius 2 is 1.03 bits per heavy atom. The van der Waals surface area contributed by atoms with E-state index in [4.69, 9.17) is 21.9 Å². The van der Waals surface area contributed by atoms with Gasteiger partial charge < -0.3 is 47.7 Å². The van der Waals surface area contributed by atoms with E-state index in [-0.39, 0.29) is 44.7 Å². The number of nitrogens with zero attached hydrogens (tertiary/aromatic N) is 4. The number of rotatable bonds is 17. The predicted octanol–water partition coefficient (Wildman–Crippen LogP) is 8.08. The Labute approximate surface area is 442 Å². The molecule has 6 aromatic rings. The van der Waals surface area contributed by atoms with Crippen LogP contribution < -0.4 is 33.2 Å². The molecule has 0 saturated carbocycles. The molecule has 0 bridgehead atoms. The molecule has 5 amide bonds. The summed E-state index contributed by atoms with van der Waals surface area (Å²) in [5.41, 5.74) is 17.8. The van der Waals surface area contributed by atoms with Crippen molar-refractivity contribution in [2.24, 2.45) is 5.73 Å².